The fraction of sp³-hybridized carbons (Fsp3) is 0.486. The summed E-state index contributed by atoms with van der Waals surface area (Å²) in [4.78, 5) is 49.0. The Bertz CT molecular complexity index is 1170. The highest BCUT2D eigenvalue weighted by Crippen LogP contribution is 2.19. The van der Waals surface area contributed by atoms with Crippen molar-refractivity contribution in [2.24, 2.45) is 0 Å². The van der Waals surface area contributed by atoms with E-state index in [1.54, 1.807) is 82.2 Å². The van der Waals surface area contributed by atoms with Gasteiger partial charge in [0.05, 0.1) is 19.1 Å². The van der Waals surface area contributed by atoms with Crippen LogP contribution in [0.15, 0.2) is 73.6 Å². The highest BCUT2D eigenvalue weighted by atomic mass is 16.5. The smallest absolute Gasteiger partial charge is 0.327 e. The van der Waals surface area contributed by atoms with E-state index in [9.17, 15) is 14.4 Å². The molecule has 12 heteroatoms. The summed E-state index contributed by atoms with van der Waals surface area (Å²) in [5.74, 6) is -1.47. The fourth-order valence-corrected chi connectivity index (χ4v) is 3.67. The van der Waals surface area contributed by atoms with Gasteiger partial charge in [-0.15, -0.1) is 0 Å². The van der Waals surface area contributed by atoms with Crippen LogP contribution in [-0.4, -0.2) is 97.6 Å². The summed E-state index contributed by atoms with van der Waals surface area (Å²) >= 11 is 0. The maximum Gasteiger partial charge on any atom is 0.327 e. The minimum atomic E-state index is -0.851. The van der Waals surface area contributed by atoms with Gasteiger partial charge in [0.1, 0.15) is 12.1 Å². The zero-order chi connectivity index (χ0) is 30.8. The van der Waals surface area contributed by atoms with Gasteiger partial charge in [-0.2, -0.15) is 0 Å². The Balaban J connectivity index is -0.000000126. The predicted molar refractivity (Wildman–Crippen MR) is 196 cm³/mol. The maximum atomic E-state index is 11.7. The second kappa shape index (κ2) is 30.5. The second-order valence-corrected chi connectivity index (χ2v) is 9.14. The summed E-state index contributed by atoms with van der Waals surface area (Å²) in [6, 6.07) is 9.75. The molecule has 3 unspecified atom stereocenters. The van der Waals surface area contributed by atoms with Crippen molar-refractivity contribution in [2.45, 2.75) is 75.9 Å². The van der Waals surface area contributed by atoms with E-state index in [1.807, 2.05) is 50.2 Å². The first-order valence-electron chi connectivity index (χ1n) is 13.1. The average Bonchev–Trinajstić information content (AvgIpc) is 2.95. The summed E-state index contributed by atoms with van der Waals surface area (Å²) < 4.78 is 9.92. The van der Waals surface area contributed by atoms with Crippen molar-refractivity contribution in [1.29, 1.82) is 0 Å². The lowest BCUT2D eigenvalue weighted by Gasteiger charge is -2.22. The minimum absolute atomic E-state index is 0. The van der Waals surface area contributed by atoms with Gasteiger partial charge in [0.15, 0.2) is 0 Å². The Kier molecular flexibility index (Phi) is 35.9. The largest absolute Gasteiger partial charge is 0.480 e. The first kappa shape index (κ1) is 55.3. The average molecular weight is 660 g/mol. The van der Waals surface area contributed by atoms with Crippen molar-refractivity contribution in [3.63, 3.8) is 0 Å². The van der Waals surface area contributed by atoms with E-state index in [4.69, 9.17) is 14.6 Å². The highest BCUT2D eigenvalue weighted by molar-refractivity contribution is 5.78. The van der Waals surface area contributed by atoms with Gasteiger partial charge < -0.3 is 14.6 Å². The number of hydrogen-bond donors (Lipinski definition) is 1. The van der Waals surface area contributed by atoms with E-state index in [-0.39, 0.29) is 69.4 Å². The Morgan fingerprint density at radius 2 is 0.915 bits per heavy atom. The number of carboxylic acids is 1. The van der Waals surface area contributed by atoms with Gasteiger partial charge in [-0.05, 0) is 102 Å². The number of aliphatic carboxylic acids is 1. The molecule has 0 aromatic carbocycles. The molecule has 0 spiro atoms. The zero-order valence-electron chi connectivity index (χ0n) is 25.5. The Hall–Kier alpha value is -4.16. The monoisotopic (exact) mass is 659 g/mol. The first-order chi connectivity index (χ1) is 19.5. The molecule has 0 saturated carbocycles. The second-order valence-electron chi connectivity index (χ2n) is 9.14. The van der Waals surface area contributed by atoms with Crippen LogP contribution in [0.3, 0.4) is 0 Å². The number of esters is 2. The third kappa shape index (κ3) is 19.9. The highest BCUT2D eigenvalue weighted by Gasteiger charge is 2.24. The molecule has 3 rings (SSSR count). The van der Waals surface area contributed by atoms with Crippen LogP contribution in [0.5, 0.6) is 0 Å². The van der Waals surface area contributed by atoms with Gasteiger partial charge >= 0.3 is 17.9 Å². The van der Waals surface area contributed by atoms with Crippen molar-refractivity contribution < 1.29 is 29.0 Å². The fourth-order valence-electron chi connectivity index (χ4n) is 3.67. The van der Waals surface area contributed by atoms with Gasteiger partial charge in [0, 0.05) is 45.6 Å². The maximum absolute atomic E-state index is 11.7. The van der Waals surface area contributed by atoms with Crippen molar-refractivity contribution in [2.75, 3.05) is 41.4 Å². The van der Waals surface area contributed by atoms with Crippen LogP contribution >= 0.6 is 0 Å². The van der Waals surface area contributed by atoms with E-state index >= 15 is 0 Å². The number of rotatable bonds is 10. The van der Waals surface area contributed by atoms with Crippen molar-refractivity contribution >= 4 is 26.3 Å². The molecule has 3 heterocycles. The van der Waals surface area contributed by atoms with Gasteiger partial charge in [-0.25, -0.2) is 4.79 Å². The van der Waals surface area contributed by atoms with Crippen LogP contribution in [0.4, 0.5) is 0 Å². The third-order valence-electron chi connectivity index (χ3n) is 5.67. The van der Waals surface area contributed by atoms with Gasteiger partial charge in [0.2, 0.25) is 0 Å². The number of nitrogens with zero attached hydrogens (tertiary/aromatic N) is 5. The van der Waals surface area contributed by atoms with Crippen LogP contribution in [0.1, 0.15) is 92.6 Å². The van der Waals surface area contributed by atoms with Crippen LogP contribution in [0, 0.1) is 0 Å². The van der Waals surface area contributed by atoms with E-state index in [0.717, 1.165) is 16.7 Å². The molecule has 0 fully saturated rings. The first-order valence-corrected chi connectivity index (χ1v) is 13.1. The molecule has 0 amide bonds. The zero-order valence-corrected chi connectivity index (χ0v) is 25.5. The number of pyridine rings is 3. The SMILES string of the molecule is C.C.C.C.C.CCOC(=O)C(C)c1ccncc1.CCOC(=O)C(c1ccncc1)N(C)C.CN(C)C(C(=O)O)c1ccncc1.[BH]. The Morgan fingerprint density at radius 3 is 1.21 bits per heavy atom. The van der Waals surface area contributed by atoms with Crippen molar-refractivity contribution in [3.05, 3.63) is 90.3 Å². The molecular weight excluding hydrogens is 597 g/mol. The number of aromatic nitrogens is 3. The number of carboxylic acid groups (broad SMARTS) is 1. The molecule has 2 radical (unpaired) electrons. The summed E-state index contributed by atoms with van der Waals surface area (Å²) in [6.07, 6.45) is 9.87. The summed E-state index contributed by atoms with van der Waals surface area (Å²) in [5.41, 5.74) is 2.58. The standard InChI is InChI=1S/C11H16N2O2.C10H13NO2.C9H12N2O2.5CH4.BH/c1-4-15-11(14)10(13(2)3)9-5-7-12-8-6-9;1-3-13-10(12)8(2)9-4-6-11-7-5-9;1-11(2)8(9(12)13)7-3-5-10-6-4-7;;;;;;/h5-8,10H,4H2,1-3H3;4-8H,3H2,1-2H3;3-6,8H,1-2H3,(H,12,13);5*1H4;1H. The van der Waals surface area contributed by atoms with Gasteiger partial charge in [-0.3, -0.25) is 34.3 Å². The Morgan fingerprint density at radius 1 is 0.617 bits per heavy atom. The molecule has 0 saturated heterocycles. The molecule has 1 N–H and O–H groups in total. The van der Waals surface area contributed by atoms with Crippen molar-refractivity contribution in [1.82, 2.24) is 24.8 Å². The lowest BCUT2D eigenvalue weighted by atomic mass is 10.0. The molecule has 266 valence electrons. The Labute approximate surface area is 287 Å². The minimum Gasteiger partial charge on any atom is -0.480 e. The molecule has 47 heavy (non-hydrogen) atoms. The van der Waals surface area contributed by atoms with Crippen LogP contribution in [-0.2, 0) is 23.9 Å². The topological polar surface area (TPSA) is 135 Å². The van der Waals surface area contributed by atoms with Crippen LogP contribution < -0.4 is 0 Å². The molecular formula is C35H62BN5O6. The lowest BCUT2D eigenvalue weighted by molar-refractivity contribution is -0.149. The van der Waals surface area contributed by atoms with E-state index in [2.05, 4.69) is 15.0 Å². The van der Waals surface area contributed by atoms with E-state index < -0.39 is 12.0 Å². The van der Waals surface area contributed by atoms with Crippen LogP contribution in [0.2, 0.25) is 0 Å². The molecule has 11 nitrogen and oxygen atoms in total. The number of likely N-dealkylation sites (N-methyl/N-ethyl adjacent to an activating group) is 2. The lowest BCUT2D eigenvalue weighted by Crippen LogP contribution is -2.29. The summed E-state index contributed by atoms with van der Waals surface area (Å²) in [6.45, 7) is 6.25. The number of ether oxygens (including phenoxy) is 2. The van der Waals surface area contributed by atoms with Gasteiger partial charge in [-0.1, -0.05) is 37.1 Å². The number of carbonyl (C=O) groups is 3. The molecule has 3 aromatic heterocycles. The molecule has 0 bridgehead atoms. The molecule has 3 aromatic rings. The molecule has 0 aliphatic heterocycles. The quantitative estimate of drug-likeness (QED) is 0.194. The molecule has 3 atom stereocenters. The van der Waals surface area contributed by atoms with E-state index in [0.29, 0.717) is 13.2 Å². The molecule has 0 aliphatic carbocycles. The van der Waals surface area contributed by atoms with Crippen molar-refractivity contribution in [3.8, 4) is 0 Å². The normalized spacial score (nSPS) is 10.9. The predicted octanol–water partition coefficient (Wildman–Crippen LogP) is 6.30. The number of hydrogen-bond acceptors (Lipinski definition) is 10. The summed E-state index contributed by atoms with van der Waals surface area (Å²) in [5, 5.41) is 8.94. The summed E-state index contributed by atoms with van der Waals surface area (Å²) in [7, 11) is 7.17. The van der Waals surface area contributed by atoms with Gasteiger partial charge in [0.25, 0.3) is 0 Å². The number of carbonyl (C=O) groups excluding carboxylic acids is 2. The molecule has 0 aliphatic rings. The van der Waals surface area contributed by atoms with Crippen LogP contribution in [0.25, 0.3) is 0 Å². The van der Waals surface area contributed by atoms with E-state index in [1.165, 1.54) is 0 Å². The third-order valence-corrected chi connectivity index (χ3v) is 5.67.